The van der Waals surface area contributed by atoms with Crippen molar-refractivity contribution in [2.75, 3.05) is 0 Å². The minimum atomic E-state index is -3.03. The van der Waals surface area contributed by atoms with Gasteiger partial charge in [0.1, 0.15) is 11.2 Å². The number of nitrogens with zero attached hydrogens (tertiary/aromatic N) is 3. The summed E-state index contributed by atoms with van der Waals surface area (Å²) in [6, 6.07) is 50.5. The molecule has 0 saturated heterocycles. The molecule has 4 nitrogen and oxygen atoms in total. The molecule has 0 fully saturated rings. The van der Waals surface area contributed by atoms with Crippen molar-refractivity contribution in [3.63, 3.8) is 0 Å². The van der Waals surface area contributed by atoms with Crippen LogP contribution in [0.4, 0.5) is 0 Å². The van der Waals surface area contributed by atoms with Crippen LogP contribution in [0, 0.1) is 0 Å². The van der Waals surface area contributed by atoms with Crippen molar-refractivity contribution in [1.29, 1.82) is 0 Å². The number of imidazole rings is 1. The Kier molecular flexibility index (Phi) is 6.03. The molecule has 0 unspecified atom stereocenters. The highest BCUT2D eigenvalue weighted by molar-refractivity contribution is 7.85. The first-order valence-corrected chi connectivity index (χ1v) is 16.0. The highest BCUT2D eigenvalue weighted by Crippen LogP contribution is 2.42. The third-order valence-corrected chi connectivity index (χ3v) is 11.2. The molecule has 0 N–H and O–H groups in total. The molecule has 0 aliphatic carbocycles. The Morgan fingerprint density at radius 3 is 1.88 bits per heavy atom. The van der Waals surface area contributed by atoms with Crippen molar-refractivity contribution in [2.45, 2.75) is 0 Å². The van der Waals surface area contributed by atoms with Gasteiger partial charge in [-0.1, -0.05) is 127 Å². The first-order valence-electron chi connectivity index (χ1n) is 14.3. The molecule has 3 heterocycles. The van der Waals surface area contributed by atoms with Crippen LogP contribution in [0.25, 0.3) is 50.0 Å². The fourth-order valence-electron chi connectivity index (χ4n) is 5.99. The molecule has 0 saturated carbocycles. The number of hydrogen-bond acceptors (Lipinski definition) is 3. The lowest BCUT2D eigenvalue weighted by atomic mass is 10.0. The van der Waals surface area contributed by atoms with E-state index in [2.05, 4.69) is 46.9 Å². The molecule has 204 valence electrons. The molecule has 0 amide bonds. The minimum absolute atomic E-state index is 0.813. The molecule has 8 aromatic rings. The Hall–Kier alpha value is -5.31. The molecule has 0 bridgehead atoms. The van der Waals surface area contributed by atoms with Crippen LogP contribution in [0.3, 0.4) is 0 Å². The maximum atomic E-state index is 14.8. The molecule has 5 heteroatoms. The lowest BCUT2D eigenvalue weighted by Gasteiger charge is -2.20. The first-order chi connectivity index (χ1) is 21.2. The van der Waals surface area contributed by atoms with Gasteiger partial charge in [0.15, 0.2) is 7.14 Å². The number of fused-ring (bicyclic) bond motifs is 5. The summed E-state index contributed by atoms with van der Waals surface area (Å²) in [5.41, 5.74) is 7.77. The van der Waals surface area contributed by atoms with E-state index in [1.807, 2.05) is 115 Å². The van der Waals surface area contributed by atoms with Gasteiger partial charge in [-0.3, -0.25) is 4.40 Å². The van der Waals surface area contributed by atoms with Gasteiger partial charge in [0.2, 0.25) is 0 Å². The second-order valence-electron chi connectivity index (χ2n) is 10.6. The van der Waals surface area contributed by atoms with E-state index in [0.717, 1.165) is 65.9 Å². The molecule has 0 aliphatic rings. The van der Waals surface area contributed by atoms with E-state index in [4.69, 9.17) is 9.97 Å². The van der Waals surface area contributed by atoms with Gasteiger partial charge >= 0.3 is 0 Å². The van der Waals surface area contributed by atoms with Gasteiger partial charge in [-0.15, -0.1) is 0 Å². The summed E-state index contributed by atoms with van der Waals surface area (Å²) in [6.45, 7) is 0. The summed E-state index contributed by atoms with van der Waals surface area (Å²) in [4.78, 5) is 10.1. The van der Waals surface area contributed by atoms with Gasteiger partial charge in [0.05, 0.1) is 16.7 Å². The van der Waals surface area contributed by atoms with Gasteiger partial charge in [0, 0.05) is 33.1 Å². The lowest BCUT2D eigenvalue weighted by Crippen LogP contribution is -2.24. The fourth-order valence-corrected chi connectivity index (χ4v) is 8.64. The zero-order valence-electron chi connectivity index (χ0n) is 23.2. The van der Waals surface area contributed by atoms with E-state index >= 15 is 0 Å². The van der Waals surface area contributed by atoms with Crippen LogP contribution in [0.5, 0.6) is 0 Å². The molecule has 43 heavy (non-hydrogen) atoms. The number of aromatic nitrogens is 3. The average Bonchev–Trinajstić information content (AvgIpc) is 3.49. The summed E-state index contributed by atoms with van der Waals surface area (Å²) >= 11 is 0. The van der Waals surface area contributed by atoms with E-state index < -0.39 is 7.14 Å². The smallest absolute Gasteiger partial charge is 0.171 e. The van der Waals surface area contributed by atoms with Gasteiger partial charge < -0.3 is 4.57 Å². The molecule has 0 aliphatic heterocycles. The van der Waals surface area contributed by atoms with Gasteiger partial charge in [-0.2, -0.15) is 0 Å². The van der Waals surface area contributed by atoms with Crippen molar-refractivity contribution in [3.05, 3.63) is 158 Å². The van der Waals surface area contributed by atoms with Crippen molar-refractivity contribution in [2.24, 2.45) is 0 Å². The highest BCUT2D eigenvalue weighted by atomic mass is 31.2. The predicted molar refractivity (Wildman–Crippen MR) is 178 cm³/mol. The molecule has 0 atom stereocenters. The second kappa shape index (κ2) is 10.2. The van der Waals surface area contributed by atoms with E-state index in [0.29, 0.717) is 0 Å². The molecule has 8 rings (SSSR count). The van der Waals surface area contributed by atoms with Crippen LogP contribution < -0.4 is 15.9 Å². The van der Waals surface area contributed by atoms with E-state index in [1.165, 1.54) is 0 Å². The fraction of sp³-hybridized carbons (Fsp3) is 0. The summed E-state index contributed by atoms with van der Waals surface area (Å²) in [6.07, 6.45) is 2.05. The minimum Gasteiger partial charge on any atom is -0.309 e. The van der Waals surface area contributed by atoms with Crippen LogP contribution >= 0.6 is 7.14 Å². The van der Waals surface area contributed by atoms with Crippen LogP contribution in [-0.4, -0.2) is 14.4 Å². The summed E-state index contributed by atoms with van der Waals surface area (Å²) in [7, 11) is -3.03. The van der Waals surface area contributed by atoms with Crippen molar-refractivity contribution in [3.8, 4) is 22.4 Å². The Morgan fingerprint density at radius 1 is 0.512 bits per heavy atom. The first kappa shape index (κ1) is 25.4. The van der Waals surface area contributed by atoms with Crippen LogP contribution in [-0.2, 0) is 4.57 Å². The summed E-state index contributed by atoms with van der Waals surface area (Å²) in [5.74, 6) is 0. The number of rotatable bonds is 5. The zero-order chi connectivity index (χ0) is 28.8. The SMILES string of the molecule is O=P(c1ccccc1)(c1ccccc1)c1ccc(-c2cccc(-c3nc4ccccc4c4nc5ccccn5c34)c2)cc1. The lowest BCUT2D eigenvalue weighted by molar-refractivity contribution is 0.592. The van der Waals surface area contributed by atoms with Crippen molar-refractivity contribution < 1.29 is 4.57 Å². The maximum absolute atomic E-state index is 14.8. The second-order valence-corrected chi connectivity index (χ2v) is 13.4. The zero-order valence-corrected chi connectivity index (χ0v) is 24.1. The van der Waals surface area contributed by atoms with Crippen molar-refractivity contribution >= 4 is 50.6 Å². The topological polar surface area (TPSA) is 47.3 Å². The van der Waals surface area contributed by atoms with E-state index in [-0.39, 0.29) is 0 Å². The Labute approximate surface area is 249 Å². The Morgan fingerprint density at radius 2 is 1.14 bits per heavy atom. The van der Waals surface area contributed by atoms with Crippen LogP contribution in [0.15, 0.2) is 158 Å². The van der Waals surface area contributed by atoms with Crippen molar-refractivity contribution in [1.82, 2.24) is 14.4 Å². The third kappa shape index (κ3) is 4.19. The normalized spacial score (nSPS) is 11.8. The monoisotopic (exact) mass is 571 g/mol. The van der Waals surface area contributed by atoms with Crippen LogP contribution in [0.2, 0.25) is 0 Å². The average molecular weight is 572 g/mol. The number of benzene rings is 5. The standard InChI is InChI=1S/C38H26N3OP/c42-43(30-14-3-1-4-15-30,31-16-5-2-6-17-31)32-23-21-27(22-24-32)28-12-11-13-29(26-28)36-38-37(33-18-7-8-19-34(33)39-36)40-35-20-9-10-25-41(35)38/h1-26H. The molecule has 0 radical (unpaired) electrons. The van der Waals surface area contributed by atoms with E-state index in [9.17, 15) is 4.57 Å². The quantitative estimate of drug-likeness (QED) is 0.197. The molecular formula is C38H26N3OP. The van der Waals surface area contributed by atoms with Gasteiger partial charge in [0.25, 0.3) is 0 Å². The third-order valence-electron chi connectivity index (χ3n) is 8.09. The molecular weight excluding hydrogens is 545 g/mol. The number of pyridine rings is 2. The Balaban J connectivity index is 1.25. The summed E-state index contributed by atoms with van der Waals surface area (Å²) in [5, 5.41) is 3.51. The molecule has 5 aromatic carbocycles. The predicted octanol–water partition coefficient (Wildman–Crippen LogP) is 8.01. The largest absolute Gasteiger partial charge is 0.309 e. The van der Waals surface area contributed by atoms with Gasteiger partial charge in [-0.05, 0) is 35.4 Å². The maximum Gasteiger partial charge on any atom is 0.171 e. The molecule has 3 aromatic heterocycles. The highest BCUT2D eigenvalue weighted by Gasteiger charge is 2.29. The van der Waals surface area contributed by atoms with Gasteiger partial charge in [-0.25, -0.2) is 9.97 Å². The summed E-state index contributed by atoms with van der Waals surface area (Å²) < 4.78 is 16.9. The molecule has 0 spiro atoms. The number of hydrogen-bond donors (Lipinski definition) is 0. The Bertz CT molecular complexity index is 2270. The van der Waals surface area contributed by atoms with Crippen LogP contribution in [0.1, 0.15) is 0 Å². The number of para-hydroxylation sites is 1. The van der Waals surface area contributed by atoms with E-state index in [1.54, 1.807) is 0 Å².